The van der Waals surface area contributed by atoms with E-state index in [1.54, 1.807) is 19.2 Å². The molecule has 4 nitrogen and oxygen atoms in total. The average Bonchev–Trinajstić information content (AvgIpc) is 2.47. The molecule has 1 atom stereocenters. The highest BCUT2D eigenvalue weighted by atomic mass is 16.5. The second-order valence-electron chi connectivity index (χ2n) is 4.26. The highest BCUT2D eigenvalue weighted by Gasteiger charge is 2.16. The monoisotopic (exact) mass is 260 g/mol. The Kier molecular flexibility index (Phi) is 3.90. The molecule has 1 N–H and O–H groups in total. The van der Waals surface area contributed by atoms with Crippen molar-refractivity contribution in [3.63, 3.8) is 0 Å². The third-order valence-electron chi connectivity index (χ3n) is 3.10. The van der Waals surface area contributed by atoms with E-state index in [9.17, 15) is 9.90 Å². The molecule has 0 saturated carbocycles. The summed E-state index contributed by atoms with van der Waals surface area (Å²) in [5, 5.41) is 9.67. The Labute approximate surface area is 112 Å². The van der Waals surface area contributed by atoms with E-state index in [2.05, 4.69) is 4.74 Å². The van der Waals surface area contributed by atoms with Crippen LogP contribution < -0.4 is 0 Å². The van der Waals surface area contributed by atoms with Gasteiger partial charge in [0.1, 0.15) is 11.3 Å². The van der Waals surface area contributed by atoms with Gasteiger partial charge in [-0.05, 0) is 23.8 Å². The summed E-state index contributed by atoms with van der Waals surface area (Å²) in [6, 6.07) is 4.93. The van der Waals surface area contributed by atoms with Gasteiger partial charge in [0, 0.05) is 12.3 Å². The molecule has 1 aliphatic carbocycles. The van der Waals surface area contributed by atoms with Crippen LogP contribution in [0.15, 0.2) is 42.2 Å². The maximum Gasteiger partial charge on any atom is 0.341 e. The number of ether oxygens (including phenoxy) is 2. The summed E-state index contributed by atoms with van der Waals surface area (Å²) in [7, 11) is 2.93. The van der Waals surface area contributed by atoms with Gasteiger partial charge < -0.3 is 14.6 Å². The maximum absolute atomic E-state index is 11.5. The van der Waals surface area contributed by atoms with Crippen LogP contribution in [0.4, 0.5) is 0 Å². The van der Waals surface area contributed by atoms with Crippen molar-refractivity contribution in [1.29, 1.82) is 0 Å². The van der Waals surface area contributed by atoms with E-state index in [0.717, 1.165) is 17.7 Å². The minimum absolute atomic E-state index is 0.0349. The highest BCUT2D eigenvalue weighted by molar-refractivity contribution is 5.92. The zero-order valence-electron chi connectivity index (χ0n) is 10.9. The summed E-state index contributed by atoms with van der Waals surface area (Å²) in [6.45, 7) is 0. The number of phenolic OH excluding ortho intramolecular Hbond substituents is 1. The van der Waals surface area contributed by atoms with Gasteiger partial charge in [-0.1, -0.05) is 18.2 Å². The molecule has 0 aliphatic heterocycles. The molecule has 1 aromatic rings. The molecule has 0 radical (unpaired) electrons. The summed E-state index contributed by atoms with van der Waals surface area (Å²) in [4.78, 5) is 11.5. The molecule has 0 amide bonds. The van der Waals surface area contributed by atoms with Crippen molar-refractivity contribution in [2.75, 3.05) is 14.2 Å². The number of methoxy groups -OCH3 is 2. The minimum atomic E-state index is -0.546. The van der Waals surface area contributed by atoms with Crippen molar-refractivity contribution in [1.82, 2.24) is 0 Å². The van der Waals surface area contributed by atoms with Gasteiger partial charge in [-0.2, -0.15) is 0 Å². The van der Waals surface area contributed by atoms with Gasteiger partial charge in [0.05, 0.1) is 20.0 Å². The van der Waals surface area contributed by atoms with Crippen LogP contribution in [0.1, 0.15) is 28.3 Å². The Morgan fingerprint density at radius 2 is 2.16 bits per heavy atom. The largest absolute Gasteiger partial charge is 0.507 e. The van der Waals surface area contributed by atoms with Crippen molar-refractivity contribution in [3.8, 4) is 5.75 Å². The average molecular weight is 260 g/mol. The zero-order chi connectivity index (χ0) is 13.8. The Balaban J connectivity index is 2.36. The molecule has 1 aliphatic rings. The van der Waals surface area contributed by atoms with E-state index in [-0.39, 0.29) is 17.2 Å². The second kappa shape index (κ2) is 5.61. The van der Waals surface area contributed by atoms with Crippen LogP contribution in [0.3, 0.4) is 0 Å². The van der Waals surface area contributed by atoms with Crippen molar-refractivity contribution in [2.45, 2.75) is 12.3 Å². The number of carbonyl (C=O) groups excluding carboxylic acids is 1. The van der Waals surface area contributed by atoms with E-state index in [1.807, 2.05) is 18.2 Å². The van der Waals surface area contributed by atoms with E-state index >= 15 is 0 Å². The molecule has 0 spiro atoms. The highest BCUT2D eigenvalue weighted by Crippen LogP contribution is 2.29. The number of benzene rings is 1. The molecule has 4 heteroatoms. The molecule has 0 bridgehead atoms. The normalized spacial score (nSPS) is 17.8. The number of aromatic hydroxyl groups is 1. The molecule has 0 heterocycles. The smallest absolute Gasteiger partial charge is 0.341 e. The number of rotatable bonds is 3. The predicted molar refractivity (Wildman–Crippen MR) is 71.0 cm³/mol. The Morgan fingerprint density at radius 1 is 1.37 bits per heavy atom. The molecular formula is C15H16O4. The van der Waals surface area contributed by atoms with Gasteiger partial charge in [-0.15, -0.1) is 0 Å². The standard InChI is InChI=1S/C15H16O4/c1-18-12-5-3-4-10(8-12)11-6-7-14(16)13(9-11)15(17)19-2/h3-4,6-10,16H,5H2,1-2H3/t10-/m1/s1. The summed E-state index contributed by atoms with van der Waals surface area (Å²) in [6.07, 6.45) is 6.83. The van der Waals surface area contributed by atoms with Crippen LogP contribution in [0.2, 0.25) is 0 Å². The van der Waals surface area contributed by atoms with Crippen molar-refractivity contribution in [2.24, 2.45) is 0 Å². The Hall–Kier alpha value is -2.23. The van der Waals surface area contributed by atoms with Crippen LogP contribution >= 0.6 is 0 Å². The molecule has 19 heavy (non-hydrogen) atoms. The second-order valence-corrected chi connectivity index (χ2v) is 4.26. The number of phenols is 1. The number of hydrogen-bond donors (Lipinski definition) is 1. The van der Waals surface area contributed by atoms with Gasteiger partial charge in [0.25, 0.3) is 0 Å². The van der Waals surface area contributed by atoms with E-state index in [0.29, 0.717) is 0 Å². The van der Waals surface area contributed by atoms with Gasteiger partial charge in [-0.3, -0.25) is 0 Å². The van der Waals surface area contributed by atoms with Crippen molar-refractivity contribution >= 4 is 5.97 Å². The number of hydrogen-bond acceptors (Lipinski definition) is 4. The lowest BCUT2D eigenvalue weighted by Crippen LogP contribution is -2.05. The van der Waals surface area contributed by atoms with Crippen molar-refractivity contribution < 1.29 is 19.4 Å². The quantitative estimate of drug-likeness (QED) is 0.670. The molecule has 0 unspecified atom stereocenters. The Morgan fingerprint density at radius 3 is 2.84 bits per heavy atom. The first-order valence-electron chi connectivity index (χ1n) is 5.98. The lowest BCUT2D eigenvalue weighted by Gasteiger charge is -2.16. The fraction of sp³-hybridized carbons (Fsp3) is 0.267. The lowest BCUT2D eigenvalue weighted by atomic mass is 9.92. The molecule has 1 aromatic carbocycles. The summed E-state index contributed by atoms with van der Waals surface area (Å²) in [5.74, 6) is 0.300. The third kappa shape index (κ3) is 2.78. The van der Waals surface area contributed by atoms with E-state index < -0.39 is 5.97 Å². The van der Waals surface area contributed by atoms with Crippen molar-refractivity contribution in [3.05, 3.63) is 53.3 Å². The number of esters is 1. The van der Waals surface area contributed by atoms with E-state index in [1.165, 1.54) is 13.2 Å². The summed E-state index contributed by atoms with van der Waals surface area (Å²) < 4.78 is 9.88. The van der Waals surface area contributed by atoms with Crippen LogP contribution in [-0.2, 0) is 9.47 Å². The number of carbonyl (C=O) groups is 1. The maximum atomic E-state index is 11.5. The SMILES string of the molecule is COC(=O)c1cc([C@@H]2C=CCC(OC)=C2)ccc1O. The first kappa shape index (κ1) is 13.2. The summed E-state index contributed by atoms with van der Waals surface area (Å²) in [5.41, 5.74) is 1.08. The molecule has 0 aromatic heterocycles. The number of allylic oxidation sites excluding steroid dienone is 3. The molecule has 2 rings (SSSR count). The molecule has 100 valence electrons. The lowest BCUT2D eigenvalue weighted by molar-refractivity contribution is 0.0597. The van der Waals surface area contributed by atoms with Gasteiger partial charge in [-0.25, -0.2) is 4.79 Å². The minimum Gasteiger partial charge on any atom is -0.507 e. The van der Waals surface area contributed by atoms with Crippen LogP contribution in [-0.4, -0.2) is 25.3 Å². The van der Waals surface area contributed by atoms with Crippen LogP contribution in [0, 0.1) is 0 Å². The van der Waals surface area contributed by atoms with E-state index in [4.69, 9.17) is 4.74 Å². The fourth-order valence-corrected chi connectivity index (χ4v) is 2.05. The molecule has 0 saturated heterocycles. The van der Waals surface area contributed by atoms with Crippen LogP contribution in [0.5, 0.6) is 5.75 Å². The van der Waals surface area contributed by atoms with Gasteiger partial charge >= 0.3 is 5.97 Å². The molecular weight excluding hydrogens is 244 g/mol. The Bertz CT molecular complexity index is 543. The zero-order valence-corrected chi connectivity index (χ0v) is 10.9. The van der Waals surface area contributed by atoms with Crippen LogP contribution in [0.25, 0.3) is 0 Å². The first-order valence-corrected chi connectivity index (χ1v) is 5.98. The topological polar surface area (TPSA) is 55.8 Å². The van der Waals surface area contributed by atoms with Gasteiger partial charge in [0.2, 0.25) is 0 Å². The van der Waals surface area contributed by atoms with Gasteiger partial charge in [0.15, 0.2) is 0 Å². The fourth-order valence-electron chi connectivity index (χ4n) is 2.05. The molecule has 0 fully saturated rings. The third-order valence-corrected chi connectivity index (χ3v) is 3.10. The first-order chi connectivity index (χ1) is 9.15. The predicted octanol–water partition coefficient (Wildman–Crippen LogP) is 2.75. The summed E-state index contributed by atoms with van der Waals surface area (Å²) >= 11 is 0.